The van der Waals surface area contributed by atoms with Crippen LogP contribution in [0.1, 0.15) is 11.1 Å². The van der Waals surface area contributed by atoms with Crippen molar-refractivity contribution in [2.75, 3.05) is 19.5 Å². The van der Waals surface area contributed by atoms with Crippen molar-refractivity contribution in [2.45, 2.75) is 12.2 Å². The van der Waals surface area contributed by atoms with E-state index in [-0.39, 0.29) is 0 Å². The van der Waals surface area contributed by atoms with Crippen molar-refractivity contribution in [2.24, 2.45) is 0 Å². The molecule has 0 atom stereocenters. The molecule has 0 aliphatic carbocycles. The topological polar surface area (TPSA) is 31.4 Å². The largest absolute Gasteiger partial charge is 0.493 e. The maximum absolute atomic E-state index is 5.81. The van der Waals surface area contributed by atoms with Gasteiger partial charge in [0.25, 0.3) is 0 Å². The first kappa shape index (κ1) is 16.4. The second-order valence-corrected chi connectivity index (χ2v) is 5.85. The molecule has 22 heavy (non-hydrogen) atoms. The average molecular weight is 315 g/mol. The summed E-state index contributed by atoms with van der Waals surface area (Å²) in [7, 11) is 1.66. The van der Waals surface area contributed by atoms with Gasteiger partial charge in [0, 0.05) is 23.9 Å². The number of pyridine rings is 1. The number of hydrogen-bond donors (Lipinski definition) is 0. The normalized spacial score (nSPS) is 10.2. The third kappa shape index (κ3) is 5.11. The third-order valence-electron chi connectivity index (χ3n) is 3.08. The Labute approximate surface area is 136 Å². The summed E-state index contributed by atoms with van der Waals surface area (Å²) in [6.07, 6.45) is 6.40. The smallest absolute Gasteiger partial charge is 0.161 e. The minimum Gasteiger partial charge on any atom is -0.493 e. The predicted octanol–water partition coefficient (Wildman–Crippen LogP) is 4.13. The fourth-order valence-corrected chi connectivity index (χ4v) is 2.76. The van der Waals surface area contributed by atoms with Gasteiger partial charge in [0.05, 0.1) is 13.7 Å². The highest BCUT2D eigenvalue weighted by Gasteiger charge is 2.05. The molecular formula is C18H21NO2S. The van der Waals surface area contributed by atoms with Crippen LogP contribution in [0.5, 0.6) is 11.5 Å². The molecule has 116 valence electrons. The number of benzene rings is 1. The molecule has 1 aromatic heterocycles. The van der Waals surface area contributed by atoms with Crippen LogP contribution < -0.4 is 9.47 Å². The molecule has 0 aliphatic heterocycles. The van der Waals surface area contributed by atoms with Gasteiger partial charge in [-0.05, 0) is 35.7 Å². The molecule has 2 aromatic rings. The van der Waals surface area contributed by atoms with Crippen molar-refractivity contribution < 1.29 is 9.47 Å². The average Bonchev–Trinajstić information content (AvgIpc) is 2.56. The molecule has 4 heteroatoms. The highest BCUT2D eigenvalue weighted by molar-refractivity contribution is 7.98. The van der Waals surface area contributed by atoms with Gasteiger partial charge in [-0.1, -0.05) is 18.2 Å². The van der Waals surface area contributed by atoms with E-state index in [2.05, 4.69) is 17.6 Å². The van der Waals surface area contributed by atoms with Crippen molar-refractivity contribution in [3.63, 3.8) is 0 Å². The number of thioether (sulfide) groups is 1. The van der Waals surface area contributed by atoms with E-state index in [1.807, 2.05) is 48.3 Å². The number of ether oxygens (including phenoxy) is 2. The van der Waals surface area contributed by atoms with Crippen LogP contribution in [0.15, 0.2) is 55.4 Å². The molecule has 0 bridgehead atoms. The lowest BCUT2D eigenvalue weighted by molar-refractivity contribution is 0.313. The Morgan fingerprint density at radius 2 is 2.14 bits per heavy atom. The summed E-state index contributed by atoms with van der Waals surface area (Å²) in [4.78, 5) is 4.11. The van der Waals surface area contributed by atoms with Gasteiger partial charge in [-0.15, -0.1) is 6.58 Å². The van der Waals surface area contributed by atoms with Crippen molar-refractivity contribution in [1.82, 2.24) is 4.98 Å². The molecular weight excluding hydrogens is 294 g/mol. The van der Waals surface area contributed by atoms with Crippen molar-refractivity contribution in [1.29, 1.82) is 0 Å². The molecule has 0 fully saturated rings. The van der Waals surface area contributed by atoms with Gasteiger partial charge >= 0.3 is 0 Å². The Morgan fingerprint density at radius 1 is 1.23 bits per heavy atom. The first-order valence-electron chi connectivity index (χ1n) is 7.20. The van der Waals surface area contributed by atoms with E-state index in [0.29, 0.717) is 6.61 Å². The van der Waals surface area contributed by atoms with Gasteiger partial charge in [-0.25, -0.2) is 0 Å². The van der Waals surface area contributed by atoms with Crippen LogP contribution in [-0.2, 0) is 12.2 Å². The lowest BCUT2D eigenvalue weighted by Crippen LogP contribution is -2.02. The lowest BCUT2D eigenvalue weighted by Gasteiger charge is -2.11. The highest BCUT2D eigenvalue weighted by Crippen LogP contribution is 2.28. The van der Waals surface area contributed by atoms with E-state index in [4.69, 9.17) is 9.47 Å². The van der Waals surface area contributed by atoms with Gasteiger partial charge in [0.15, 0.2) is 11.5 Å². The van der Waals surface area contributed by atoms with E-state index in [9.17, 15) is 0 Å². The minimum absolute atomic E-state index is 0.655. The van der Waals surface area contributed by atoms with Gasteiger partial charge < -0.3 is 9.47 Å². The molecule has 1 aromatic carbocycles. The predicted molar refractivity (Wildman–Crippen MR) is 92.8 cm³/mol. The molecule has 0 radical (unpaired) electrons. The van der Waals surface area contributed by atoms with E-state index in [0.717, 1.165) is 29.4 Å². The molecule has 0 N–H and O–H groups in total. The van der Waals surface area contributed by atoms with Crippen molar-refractivity contribution >= 4 is 11.8 Å². The second kappa shape index (κ2) is 9.15. The third-order valence-corrected chi connectivity index (χ3v) is 4.08. The number of rotatable bonds is 9. The van der Waals surface area contributed by atoms with Crippen LogP contribution in [0.25, 0.3) is 0 Å². The van der Waals surface area contributed by atoms with Crippen molar-refractivity contribution in [3.8, 4) is 11.5 Å². The van der Waals surface area contributed by atoms with Gasteiger partial charge in [0.1, 0.15) is 0 Å². The molecule has 0 saturated carbocycles. The molecule has 0 unspecified atom stereocenters. The molecule has 2 rings (SSSR count). The highest BCUT2D eigenvalue weighted by atomic mass is 32.2. The van der Waals surface area contributed by atoms with Gasteiger partial charge in [-0.3, -0.25) is 4.98 Å². The summed E-state index contributed by atoms with van der Waals surface area (Å²) in [5.74, 6) is 3.44. The lowest BCUT2D eigenvalue weighted by atomic mass is 10.1. The van der Waals surface area contributed by atoms with Crippen LogP contribution in [-0.4, -0.2) is 24.5 Å². The van der Waals surface area contributed by atoms with Gasteiger partial charge in [0.2, 0.25) is 0 Å². The quantitative estimate of drug-likeness (QED) is 0.514. The second-order valence-electron chi connectivity index (χ2n) is 4.74. The molecule has 0 spiro atoms. The number of nitrogens with zero attached hydrogens (tertiary/aromatic N) is 1. The van der Waals surface area contributed by atoms with Gasteiger partial charge in [-0.2, -0.15) is 11.8 Å². The monoisotopic (exact) mass is 315 g/mol. The SMILES string of the molecule is C=CCc1ccc(OCCSCc2cccnc2)c(OC)c1. The van der Waals surface area contributed by atoms with E-state index in [1.54, 1.807) is 13.3 Å². The number of hydrogen-bond acceptors (Lipinski definition) is 4. The molecule has 0 aliphatic rings. The zero-order valence-electron chi connectivity index (χ0n) is 12.8. The number of aromatic nitrogens is 1. The summed E-state index contributed by atoms with van der Waals surface area (Å²) < 4.78 is 11.2. The summed E-state index contributed by atoms with van der Waals surface area (Å²) in [6.45, 7) is 4.40. The van der Waals surface area contributed by atoms with E-state index in [1.165, 1.54) is 11.1 Å². The Morgan fingerprint density at radius 3 is 2.86 bits per heavy atom. The summed E-state index contributed by atoms with van der Waals surface area (Å²) in [5.41, 5.74) is 2.41. The Hall–Kier alpha value is -1.94. The van der Waals surface area contributed by atoms with Crippen LogP contribution in [0.3, 0.4) is 0 Å². The molecule has 3 nitrogen and oxygen atoms in total. The number of methoxy groups -OCH3 is 1. The van der Waals surface area contributed by atoms with Crippen molar-refractivity contribution in [3.05, 3.63) is 66.5 Å². The fourth-order valence-electron chi connectivity index (χ4n) is 2.01. The van der Waals surface area contributed by atoms with Crippen LogP contribution >= 0.6 is 11.8 Å². The molecule has 1 heterocycles. The Kier molecular flexibility index (Phi) is 6.84. The first-order chi connectivity index (χ1) is 10.8. The van der Waals surface area contributed by atoms with Crippen LogP contribution in [0.2, 0.25) is 0 Å². The minimum atomic E-state index is 0.655. The maximum atomic E-state index is 5.81. The standard InChI is InChI=1S/C18H21NO2S/c1-3-5-15-7-8-17(18(12-15)20-2)21-10-11-22-14-16-6-4-9-19-13-16/h3-4,6-9,12-13H,1,5,10-11,14H2,2H3. The zero-order valence-corrected chi connectivity index (χ0v) is 13.6. The molecule has 0 amide bonds. The summed E-state index contributed by atoms with van der Waals surface area (Å²) in [5, 5.41) is 0. The van der Waals surface area contributed by atoms with E-state index < -0.39 is 0 Å². The van der Waals surface area contributed by atoms with Crippen LogP contribution in [0.4, 0.5) is 0 Å². The first-order valence-corrected chi connectivity index (χ1v) is 8.36. The fraction of sp³-hybridized carbons (Fsp3) is 0.278. The Balaban J connectivity index is 1.77. The summed E-state index contributed by atoms with van der Waals surface area (Å²) >= 11 is 1.83. The number of allylic oxidation sites excluding steroid dienone is 1. The zero-order chi connectivity index (χ0) is 15.6. The van der Waals surface area contributed by atoms with Crippen LogP contribution in [0, 0.1) is 0 Å². The Bertz CT molecular complexity index is 587. The maximum Gasteiger partial charge on any atom is 0.161 e. The van der Waals surface area contributed by atoms with E-state index >= 15 is 0 Å². The summed E-state index contributed by atoms with van der Waals surface area (Å²) in [6, 6.07) is 10.1. The molecule has 0 saturated heterocycles.